The van der Waals surface area contributed by atoms with Gasteiger partial charge in [0.05, 0.1) is 31.5 Å². The van der Waals surface area contributed by atoms with E-state index in [1.165, 1.54) is 79.7 Å². The van der Waals surface area contributed by atoms with Crippen molar-refractivity contribution in [3.8, 4) is 0 Å². The van der Waals surface area contributed by atoms with Gasteiger partial charge >= 0.3 is 5.97 Å². The molecule has 13 nitrogen and oxygen atoms in total. The third-order valence-electron chi connectivity index (χ3n) is 6.90. The van der Waals surface area contributed by atoms with Gasteiger partial charge in [0, 0.05) is 30.2 Å². The largest absolute Gasteiger partial charge is 0.463 e. The lowest BCUT2D eigenvalue weighted by molar-refractivity contribution is -0.385. The molecule has 15 heteroatoms. The highest BCUT2D eigenvalue weighted by Crippen LogP contribution is 2.39. The fraction of sp³-hybridized carbons (Fsp3) is 0.138. The second kappa shape index (κ2) is 11.8. The number of rotatable bonds is 8. The number of carbonyl (C=O) groups is 1. The first kappa shape index (κ1) is 30.2. The van der Waals surface area contributed by atoms with E-state index in [1.807, 2.05) is 0 Å². The Hall–Kier alpha value is -5.28. The number of thiazole rings is 1. The zero-order valence-electron chi connectivity index (χ0n) is 22.8. The first-order valence-corrected chi connectivity index (χ1v) is 15.3. The fourth-order valence-corrected chi connectivity index (χ4v) is 8.06. The van der Waals surface area contributed by atoms with E-state index in [0.29, 0.717) is 0 Å². The zero-order chi connectivity index (χ0) is 31.8. The topological polar surface area (TPSA) is 193 Å². The average Bonchev–Trinajstić information content (AvgIpc) is 3.32. The molecular weight excluding hydrogens is 612 g/mol. The monoisotopic (exact) mass is 634 g/mol. The molecule has 44 heavy (non-hydrogen) atoms. The Bertz CT molecular complexity index is 2140. The number of nitrogens with zero attached hydrogens (tertiary/aromatic N) is 3. The highest BCUT2D eigenvalue weighted by Gasteiger charge is 2.48. The van der Waals surface area contributed by atoms with E-state index in [9.17, 15) is 38.2 Å². The average molecular weight is 635 g/mol. The number of aromatic nitrogens is 1. The number of hydrogen-bond acceptors (Lipinski definition) is 11. The van der Waals surface area contributed by atoms with Gasteiger partial charge in [0.2, 0.25) is 0 Å². The summed E-state index contributed by atoms with van der Waals surface area (Å²) in [6, 6.07) is 17.7. The molecule has 224 valence electrons. The van der Waals surface area contributed by atoms with Gasteiger partial charge < -0.3 is 4.74 Å². The molecule has 0 saturated carbocycles. The minimum Gasteiger partial charge on any atom is -0.463 e. The number of fused-ring (bicyclic) bond motifs is 1. The maximum absolute atomic E-state index is 14.2. The number of sulfone groups is 1. The summed E-state index contributed by atoms with van der Waals surface area (Å²) in [6.45, 7) is 1.42. The summed E-state index contributed by atoms with van der Waals surface area (Å²) in [5, 5.41) is 30.2. The molecule has 4 aromatic rings. The van der Waals surface area contributed by atoms with Crippen LogP contribution >= 0.6 is 11.3 Å². The van der Waals surface area contributed by atoms with E-state index < -0.39 is 48.2 Å². The summed E-state index contributed by atoms with van der Waals surface area (Å²) < 4.78 is 34.4. The lowest BCUT2D eigenvalue weighted by Crippen LogP contribution is -2.53. The molecule has 0 aliphatic carbocycles. The van der Waals surface area contributed by atoms with Gasteiger partial charge in [-0.25, -0.2) is 13.2 Å². The number of hydrogen-bond donors (Lipinski definition) is 1. The van der Waals surface area contributed by atoms with Gasteiger partial charge in [0.25, 0.3) is 16.9 Å². The van der Waals surface area contributed by atoms with Crippen molar-refractivity contribution >= 4 is 56.0 Å². The third-order valence-corrected chi connectivity index (χ3v) is 10.1. The van der Waals surface area contributed by atoms with Crippen molar-refractivity contribution in [3.05, 3.63) is 130 Å². The van der Waals surface area contributed by atoms with Crippen LogP contribution in [-0.2, 0) is 19.4 Å². The van der Waals surface area contributed by atoms with Gasteiger partial charge in [-0.3, -0.25) is 35.0 Å². The summed E-state index contributed by atoms with van der Waals surface area (Å²) in [5.74, 6) is -3.12. The van der Waals surface area contributed by atoms with Crippen molar-refractivity contribution in [3.63, 3.8) is 0 Å². The van der Waals surface area contributed by atoms with Crippen molar-refractivity contribution in [1.82, 2.24) is 4.57 Å². The van der Waals surface area contributed by atoms with Crippen LogP contribution in [0.15, 0.2) is 88.6 Å². The van der Waals surface area contributed by atoms with Gasteiger partial charge in [0.15, 0.2) is 9.84 Å². The Labute approximate surface area is 252 Å². The van der Waals surface area contributed by atoms with Crippen LogP contribution < -0.4 is 14.8 Å². The van der Waals surface area contributed by atoms with Crippen LogP contribution in [0.3, 0.4) is 0 Å². The molecule has 0 bridgehead atoms. The molecule has 2 heterocycles. The van der Waals surface area contributed by atoms with Crippen molar-refractivity contribution in [1.29, 1.82) is 5.41 Å². The number of esters is 1. The maximum Gasteiger partial charge on any atom is 0.337 e. The predicted octanol–water partition coefficient (Wildman–Crippen LogP) is 2.73. The van der Waals surface area contributed by atoms with Crippen LogP contribution in [0.2, 0.25) is 0 Å². The van der Waals surface area contributed by atoms with Crippen LogP contribution in [0, 0.1) is 25.6 Å². The number of nitro groups is 2. The first-order chi connectivity index (χ1) is 20.9. The SMILES string of the molecule is CCOC(=O)C1=c2s/c(=C\c3cccc([N+](=O)[O-])c3)c(=O)n2C(=N)C(S(=O)(=O)c2ccccc2)C1c1cccc([N+](=O)[O-])c1. The van der Waals surface area contributed by atoms with E-state index in [2.05, 4.69) is 0 Å². The Kier molecular flexibility index (Phi) is 8.08. The van der Waals surface area contributed by atoms with E-state index in [0.717, 1.165) is 22.0 Å². The fourth-order valence-electron chi connectivity index (χ4n) is 5.01. The Morgan fingerprint density at radius 3 is 2.27 bits per heavy atom. The Morgan fingerprint density at radius 1 is 1.00 bits per heavy atom. The minimum atomic E-state index is -4.51. The molecule has 1 aliphatic rings. The van der Waals surface area contributed by atoms with Crippen LogP contribution in [0.5, 0.6) is 0 Å². The number of nitrogens with one attached hydrogen (secondary N) is 1. The van der Waals surface area contributed by atoms with E-state index in [-0.39, 0.29) is 48.8 Å². The highest BCUT2D eigenvalue weighted by molar-refractivity contribution is 7.93. The molecule has 0 amide bonds. The smallest absolute Gasteiger partial charge is 0.337 e. The maximum atomic E-state index is 14.2. The number of benzene rings is 3. The van der Waals surface area contributed by atoms with Gasteiger partial charge in [-0.1, -0.05) is 42.5 Å². The number of ether oxygens (including phenoxy) is 1. The van der Waals surface area contributed by atoms with E-state index >= 15 is 0 Å². The third kappa shape index (κ3) is 5.33. The zero-order valence-corrected chi connectivity index (χ0v) is 24.4. The second-order valence-electron chi connectivity index (χ2n) is 9.54. The van der Waals surface area contributed by atoms with Gasteiger partial charge in [0.1, 0.15) is 15.7 Å². The van der Waals surface area contributed by atoms with Crippen LogP contribution in [-0.4, -0.2) is 46.5 Å². The summed E-state index contributed by atoms with van der Waals surface area (Å²) in [6.07, 6.45) is 1.34. The van der Waals surface area contributed by atoms with Crippen molar-refractivity contribution in [2.75, 3.05) is 6.61 Å². The summed E-state index contributed by atoms with van der Waals surface area (Å²) >= 11 is 0.772. The normalized spacial score (nSPS) is 16.8. The quantitative estimate of drug-likeness (QED) is 0.172. The Morgan fingerprint density at radius 2 is 1.64 bits per heavy atom. The number of nitro benzene ring substituents is 2. The highest BCUT2D eigenvalue weighted by atomic mass is 32.2. The van der Waals surface area contributed by atoms with E-state index in [4.69, 9.17) is 10.1 Å². The Balaban J connectivity index is 1.89. The van der Waals surface area contributed by atoms with Crippen LogP contribution in [0.4, 0.5) is 11.4 Å². The molecule has 0 saturated heterocycles. The predicted molar refractivity (Wildman–Crippen MR) is 161 cm³/mol. The minimum absolute atomic E-state index is 0.0393. The standard InChI is InChI=1S/C29H22N4O9S2/c1-2-42-29(35)24-23(18-9-7-11-20(16-18)33(38)39)25(44(40,41)21-12-4-3-5-13-21)26(30)31-27(34)22(43-28(24)31)15-17-8-6-10-19(14-17)32(36)37/h3-16,23,25,30H,2H2,1H3/b22-15-,30-26?. The van der Waals surface area contributed by atoms with Gasteiger partial charge in [-0.2, -0.15) is 0 Å². The van der Waals surface area contributed by atoms with Crippen LogP contribution in [0.1, 0.15) is 24.0 Å². The molecule has 0 radical (unpaired) electrons. The van der Waals surface area contributed by atoms with Crippen LogP contribution in [0.25, 0.3) is 11.6 Å². The summed E-state index contributed by atoms with van der Waals surface area (Å²) in [4.78, 5) is 48.9. The van der Waals surface area contributed by atoms with Crippen molar-refractivity contribution < 1.29 is 27.8 Å². The summed E-state index contributed by atoms with van der Waals surface area (Å²) in [5.41, 5.74) is -1.37. The van der Waals surface area contributed by atoms with Gasteiger partial charge in [-0.05, 0) is 36.3 Å². The molecule has 3 aromatic carbocycles. The molecule has 0 fully saturated rings. The van der Waals surface area contributed by atoms with Crippen molar-refractivity contribution in [2.24, 2.45) is 0 Å². The molecule has 2 unspecified atom stereocenters. The molecule has 0 spiro atoms. The lowest BCUT2D eigenvalue weighted by atomic mass is 9.86. The van der Waals surface area contributed by atoms with Crippen molar-refractivity contribution in [2.45, 2.75) is 23.0 Å². The molecule has 2 atom stereocenters. The number of carbonyl (C=O) groups excluding carboxylic acids is 1. The van der Waals surface area contributed by atoms with E-state index in [1.54, 1.807) is 6.07 Å². The van der Waals surface area contributed by atoms with Gasteiger partial charge in [-0.15, -0.1) is 11.3 Å². The second-order valence-corrected chi connectivity index (χ2v) is 12.6. The molecule has 1 aromatic heterocycles. The molecular formula is C29H22N4O9S2. The lowest BCUT2D eigenvalue weighted by Gasteiger charge is -2.32. The molecule has 1 N–H and O–H groups in total. The first-order valence-electron chi connectivity index (χ1n) is 13.0. The number of non-ortho nitro benzene ring substituents is 2. The summed E-state index contributed by atoms with van der Waals surface area (Å²) in [7, 11) is -4.51. The molecule has 1 aliphatic heterocycles. The molecule has 5 rings (SSSR count).